The zero-order chi connectivity index (χ0) is 12.3. The van der Waals surface area contributed by atoms with Crippen LogP contribution in [0.15, 0.2) is 22.7 Å². The largest absolute Gasteiger partial charge is 0.392 e. The summed E-state index contributed by atoms with van der Waals surface area (Å²) < 4.78 is 6.58. The molecule has 0 spiro atoms. The molecule has 1 saturated heterocycles. The number of halogens is 1. The summed E-state index contributed by atoms with van der Waals surface area (Å²) in [5.74, 6) is 0. The minimum Gasteiger partial charge on any atom is -0.392 e. The summed E-state index contributed by atoms with van der Waals surface area (Å²) in [6, 6.07) is 6.02. The van der Waals surface area contributed by atoms with E-state index in [4.69, 9.17) is 9.84 Å². The van der Waals surface area contributed by atoms with Crippen molar-refractivity contribution in [3.8, 4) is 0 Å². The van der Waals surface area contributed by atoms with E-state index in [1.165, 1.54) is 6.42 Å². The monoisotopic (exact) mass is 299 g/mol. The van der Waals surface area contributed by atoms with Crippen molar-refractivity contribution in [2.45, 2.75) is 25.6 Å². The van der Waals surface area contributed by atoms with E-state index in [2.05, 4.69) is 27.9 Å². The van der Waals surface area contributed by atoms with E-state index >= 15 is 0 Å². The molecule has 2 rings (SSSR count). The van der Waals surface area contributed by atoms with Crippen molar-refractivity contribution in [1.29, 1.82) is 0 Å². The van der Waals surface area contributed by atoms with Gasteiger partial charge in [-0.25, -0.2) is 0 Å². The molecule has 94 valence electrons. The highest BCUT2D eigenvalue weighted by molar-refractivity contribution is 9.10. The Kier molecular flexibility index (Phi) is 4.42. The second-order valence-corrected chi connectivity index (χ2v) is 5.30. The normalized spacial score (nSPS) is 19.6. The molecule has 0 aliphatic carbocycles. The number of anilines is 1. The fraction of sp³-hybridized carbons (Fsp3) is 0.538. The highest BCUT2D eigenvalue weighted by Crippen LogP contribution is 2.24. The molecule has 1 N–H and O–H groups in total. The van der Waals surface area contributed by atoms with E-state index in [0.717, 1.165) is 35.3 Å². The summed E-state index contributed by atoms with van der Waals surface area (Å²) in [5, 5.41) is 9.11. The van der Waals surface area contributed by atoms with Gasteiger partial charge in [0.25, 0.3) is 0 Å². The summed E-state index contributed by atoms with van der Waals surface area (Å²) in [4.78, 5) is 2.20. The average molecular weight is 300 g/mol. The number of ether oxygens (including phenoxy) is 1. The van der Waals surface area contributed by atoms with Crippen molar-refractivity contribution < 1.29 is 9.84 Å². The van der Waals surface area contributed by atoms with Crippen LogP contribution in [-0.2, 0) is 11.3 Å². The predicted octanol–water partition coefficient (Wildman–Crippen LogP) is 2.56. The molecule has 0 aromatic heterocycles. The third-order valence-corrected chi connectivity index (χ3v) is 3.89. The van der Waals surface area contributed by atoms with Crippen LogP contribution in [0, 0.1) is 0 Å². The molecule has 0 bridgehead atoms. The lowest BCUT2D eigenvalue weighted by Crippen LogP contribution is -2.28. The molecule has 1 heterocycles. The van der Waals surface area contributed by atoms with Crippen molar-refractivity contribution >= 4 is 21.6 Å². The van der Waals surface area contributed by atoms with E-state index in [1.807, 2.05) is 18.2 Å². The Bertz CT molecular complexity index is 378. The molecule has 0 amide bonds. The molecule has 17 heavy (non-hydrogen) atoms. The number of benzene rings is 1. The van der Waals surface area contributed by atoms with Crippen molar-refractivity contribution in [3.05, 3.63) is 28.2 Å². The number of aliphatic hydroxyl groups is 1. The number of hydrogen-bond donors (Lipinski definition) is 1. The zero-order valence-electron chi connectivity index (χ0n) is 10.0. The van der Waals surface area contributed by atoms with Gasteiger partial charge in [-0.1, -0.05) is 22.0 Å². The number of rotatable bonds is 4. The molecular weight excluding hydrogens is 282 g/mol. The SMILES string of the molecule is CN(CC1CCCO1)c1ccc(CO)c(Br)c1. The van der Waals surface area contributed by atoms with Crippen LogP contribution in [0.4, 0.5) is 5.69 Å². The van der Waals surface area contributed by atoms with Gasteiger partial charge in [0.05, 0.1) is 12.7 Å². The molecule has 1 aromatic carbocycles. The lowest BCUT2D eigenvalue weighted by molar-refractivity contribution is 0.116. The standard InChI is InChI=1S/C13H18BrNO2/c1-15(8-12-3-2-6-17-12)11-5-4-10(9-16)13(14)7-11/h4-5,7,12,16H,2-3,6,8-9H2,1H3. The third-order valence-electron chi connectivity index (χ3n) is 3.15. The van der Waals surface area contributed by atoms with Crippen molar-refractivity contribution in [1.82, 2.24) is 0 Å². The van der Waals surface area contributed by atoms with E-state index in [1.54, 1.807) is 0 Å². The van der Waals surface area contributed by atoms with Gasteiger partial charge in [-0.2, -0.15) is 0 Å². The Balaban J connectivity index is 2.02. The van der Waals surface area contributed by atoms with Gasteiger partial charge in [-0.15, -0.1) is 0 Å². The zero-order valence-corrected chi connectivity index (χ0v) is 11.6. The first-order valence-electron chi connectivity index (χ1n) is 5.92. The molecule has 1 aliphatic rings. The van der Waals surface area contributed by atoms with Crippen molar-refractivity contribution in [3.63, 3.8) is 0 Å². The van der Waals surface area contributed by atoms with Crippen LogP contribution in [0.25, 0.3) is 0 Å². The Morgan fingerprint density at radius 3 is 2.94 bits per heavy atom. The van der Waals surface area contributed by atoms with Gasteiger partial charge >= 0.3 is 0 Å². The molecule has 1 atom stereocenters. The van der Waals surface area contributed by atoms with E-state index in [9.17, 15) is 0 Å². The van der Waals surface area contributed by atoms with E-state index < -0.39 is 0 Å². The molecule has 1 fully saturated rings. The van der Waals surface area contributed by atoms with E-state index in [0.29, 0.717) is 6.10 Å². The predicted molar refractivity (Wildman–Crippen MR) is 72.3 cm³/mol. The smallest absolute Gasteiger partial charge is 0.0750 e. The molecular formula is C13H18BrNO2. The second kappa shape index (κ2) is 5.85. The molecule has 1 aromatic rings. The maximum absolute atomic E-state index is 9.11. The third kappa shape index (κ3) is 3.21. The molecule has 3 nitrogen and oxygen atoms in total. The summed E-state index contributed by atoms with van der Waals surface area (Å²) in [6.07, 6.45) is 2.68. The number of aliphatic hydroxyl groups excluding tert-OH is 1. The summed E-state index contributed by atoms with van der Waals surface area (Å²) in [7, 11) is 2.07. The first-order valence-corrected chi connectivity index (χ1v) is 6.72. The van der Waals surface area contributed by atoms with Crippen LogP contribution < -0.4 is 4.90 Å². The first kappa shape index (κ1) is 12.9. The maximum atomic E-state index is 9.11. The van der Waals surface area contributed by atoms with Gasteiger partial charge in [0, 0.05) is 30.4 Å². The van der Waals surface area contributed by atoms with Crippen molar-refractivity contribution in [2.75, 3.05) is 25.1 Å². The lowest BCUT2D eigenvalue weighted by Gasteiger charge is -2.23. The molecule has 0 radical (unpaired) electrons. The van der Waals surface area contributed by atoms with Crippen LogP contribution in [0.3, 0.4) is 0 Å². The van der Waals surface area contributed by atoms with Crippen molar-refractivity contribution in [2.24, 2.45) is 0 Å². The highest BCUT2D eigenvalue weighted by atomic mass is 79.9. The van der Waals surface area contributed by atoms with Gasteiger partial charge in [-0.3, -0.25) is 0 Å². The summed E-state index contributed by atoms with van der Waals surface area (Å²) >= 11 is 3.47. The first-order chi connectivity index (χ1) is 8.20. The van der Waals surface area contributed by atoms with Gasteiger partial charge in [-0.05, 0) is 30.5 Å². The van der Waals surface area contributed by atoms with Crippen LogP contribution in [0.5, 0.6) is 0 Å². The van der Waals surface area contributed by atoms with Crippen LogP contribution in [0.1, 0.15) is 18.4 Å². The molecule has 1 aliphatic heterocycles. The fourth-order valence-electron chi connectivity index (χ4n) is 2.10. The molecule has 0 saturated carbocycles. The second-order valence-electron chi connectivity index (χ2n) is 4.45. The number of likely N-dealkylation sites (N-methyl/N-ethyl adjacent to an activating group) is 1. The van der Waals surface area contributed by atoms with Crippen LogP contribution in [-0.4, -0.2) is 31.4 Å². The quantitative estimate of drug-likeness (QED) is 0.927. The van der Waals surface area contributed by atoms with Gasteiger partial charge in [0.1, 0.15) is 0 Å². The van der Waals surface area contributed by atoms with Gasteiger partial charge in [0.2, 0.25) is 0 Å². The maximum Gasteiger partial charge on any atom is 0.0750 e. The lowest BCUT2D eigenvalue weighted by atomic mass is 10.2. The number of hydrogen-bond acceptors (Lipinski definition) is 3. The number of nitrogens with zero attached hydrogens (tertiary/aromatic N) is 1. The molecule has 1 unspecified atom stereocenters. The summed E-state index contributed by atoms with van der Waals surface area (Å²) in [5.41, 5.74) is 2.06. The minimum absolute atomic E-state index is 0.0658. The van der Waals surface area contributed by atoms with Gasteiger partial charge in [0.15, 0.2) is 0 Å². The van der Waals surface area contributed by atoms with Crippen LogP contribution >= 0.6 is 15.9 Å². The van der Waals surface area contributed by atoms with E-state index in [-0.39, 0.29) is 6.61 Å². The fourth-order valence-corrected chi connectivity index (χ4v) is 2.59. The Hall–Kier alpha value is -0.580. The highest BCUT2D eigenvalue weighted by Gasteiger charge is 2.17. The average Bonchev–Trinajstić information content (AvgIpc) is 2.81. The Morgan fingerprint density at radius 1 is 1.53 bits per heavy atom. The topological polar surface area (TPSA) is 32.7 Å². The van der Waals surface area contributed by atoms with Gasteiger partial charge < -0.3 is 14.7 Å². The molecule has 4 heteroatoms. The van der Waals surface area contributed by atoms with Crippen LogP contribution in [0.2, 0.25) is 0 Å². The minimum atomic E-state index is 0.0658. The Morgan fingerprint density at radius 2 is 2.35 bits per heavy atom. The summed E-state index contributed by atoms with van der Waals surface area (Å²) in [6.45, 7) is 1.88. The Labute approximate surface area is 111 Å².